The van der Waals surface area contributed by atoms with Crippen LogP contribution in [0, 0.1) is 12.8 Å². The molecule has 1 aromatic heterocycles. The molecule has 1 unspecified atom stereocenters. The standard InChI is InChI=1S/C19H19Cl2N5O/c1-9-15(11-3-2-4-13(20)16(11)21)17(18(23)27)25-19(24-9)26-7-10-5-6-14(22)12(10)8-26/h2-5,12,14H,6-8,22H2,1H3,(H2,23,27)/t12-,14?/m1/s1. The second-order valence-electron chi connectivity index (χ2n) is 6.96. The van der Waals surface area contributed by atoms with Crippen LogP contribution in [0.1, 0.15) is 22.6 Å². The second kappa shape index (κ2) is 6.78. The third kappa shape index (κ3) is 3.08. The van der Waals surface area contributed by atoms with E-state index in [0.717, 1.165) is 13.0 Å². The lowest BCUT2D eigenvalue weighted by Crippen LogP contribution is -2.31. The van der Waals surface area contributed by atoms with E-state index >= 15 is 0 Å². The fourth-order valence-corrected chi connectivity index (χ4v) is 4.28. The Morgan fingerprint density at radius 2 is 2.07 bits per heavy atom. The predicted molar refractivity (Wildman–Crippen MR) is 107 cm³/mol. The average Bonchev–Trinajstić information content (AvgIpc) is 3.19. The molecule has 8 heteroatoms. The van der Waals surface area contributed by atoms with Gasteiger partial charge in [0.2, 0.25) is 5.95 Å². The summed E-state index contributed by atoms with van der Waals surface area (Å²) in [6, 6.07) is 5.35. The molecule has 0 radical (unpaired) electrons. The molecule has 2 aromatic rings. The minimum absolute atomic E-state index is 0.131. The summed E-state index contributed by atoms with van der Waals surface area (Å²) in [6.07, 6.45) is 3.10. The van der Waals surface area contributed by atoms with Gasteiger partial charge in [-0.25, -0.2) is 9.97 Å². The van der Waals surface area contributed by atoms with E-state index in [0.29, 0.717) is 45.3 Å². The van der Waals surface area contributed by atoms with Crippen LogP contribution in [0.5, 0.6) is 0 Å². The van der Waals surface area contributed by atoms with Gasteiger partial charge < -0.3 is 16.4 Å². The molecule has 2 aliphatic rings. The summed E-state index contributed by atoms with van der Waals surface area (Å²) in [4.78, 5) is 23.3. The summed E-state index contributed by atoms with van der Waals surface area (Å²) in [5.74, 6) is 0.154. The number of hydrogen-bond acceptors (Lipinski definition) is 5. The van der Waals surface area contributed by atoms with E-state index < -0.39 is 5.91 Å². The Labute approximate surface area is 167 Å². The highest BCUT2D eigenvalue weighted by Crippen LogP contribution is 2.38. The van der Waals surface area contributed by atoms with Gasteiger partial charge in [0.1, 0.15) is 5.69 Å². The molecule has 2 heterocycles. The van der Waals surface area contributed by atoms with Crippen LogP contribution in [-0.2, 0) is 0 Å². The van der Waals surface area contributed by atoms with Crippen molar-refractivity contribution in [3.63, 3.8) is 0 Å². The number of carbonyl (C=O) groups is 1. The van der Waals surface area contributed by atoms with Crippen LogP contribution in [0.4, 0.5) is 5.95 Å². The average molecular weight is 404 g/mol. The van der Waals surface area contributed by atoms with Crippen molar-refractivity contribution in [3.05, 3.63) is 51.3 Å². The maximum Gasteiger partial charge on any atom is 0.268 e. The van der Waals surface area contributed by atoms with E-state index in [1.165, 1.54) is 5.57 Å². The van der Waals surface area contributed by atoms with Crippen LogP contribution in [0.2, 0.25) is 10.0 Å². The highest BCUT2D eigenvalue weighted by atomic mass is 35.5. The van der Waals surface area contributed by atoms with Gasteiger partial charge in [0, 0.05) is 36.2 Å². The van der Waals surface area contributed by atoms with Gasteiger partial charge in [0.15, 0.2) is 0 Å². The Morgan fingerprint density at radius 3 is 2.78 bits per heavy atom. The first-order chi connectivity index (χ1) is 12.9. The van der Waals surface area contributed by atoms with E-state index in [-0.39, 0.29) is 11.7 Å². The molecule has 0 bridgehead atoms. The summed E-state index contributed by atoms with van der Waals surface area (Å²) < 4.78 is 0. The van der Waals surface area contributed by atoms with Crippen molar-refractivity contribution < 1.29 is 4.79 Å². The van der Waals surface area contributed by atoms with Crippen LogP contribution in [0.25, 0.3) is 11.1 Å². The quantitative estimate of drug-likeness (QED) is 0.767. The van der Waals surface area contributed by atoms with Crippen LogP contribution < -0.4 is 16.4 Å². The summed E-state index contributed by atoms with van der Waals surface area (Å²) >= 11 is 12.5. The van der Waals surface area contributed by atoms with Gasteiger partial charge in [-0.2, -0.15) is 0 Å². The number of carbonyl (C=O) groups excluding carboxylic acids is 1. The summed E-state index contributed by atoms with van der Waals surface area (Å²) in [5, 5.41) is 0.731. The van der Waals surface area contributed by atoms with Crippen molar-refractivity contribution in [2.45, 2.75) is 19.4 Å². The maximum absolute atomic E-state index is 12.2. The number of fused-ring (bicyclic) bond motifs is 1. The topological polar surface area (TPSA) is 98.1 Å². The number of aryl methyl sites for hydroxylation is 1. The fourth-order valence-electron chi connectivity index (χ4n) is 3.88. The largest absolute Gasteiger partial charge is 0.364 e. The summed E-state index contributed by atoms with van der Waals surface area (Å²) in [7, 11) is 0. The van der Waals surface area contributed by atoms with Gasteiger partial charge in [0.05, 0.1) is 15.7 Å². The number of halogens is 2. The molecule has 2 atom stereocenters. The second-order valence-corrected chi connectivity index (χ2v) is 7.75. The Morgan fingerprint density at radius 1 is 1.30 bits per heavy atom. The van der Waals surface area contributed by atoms with E-state index in [9.17, 15) is 4.79 Å². The molecular weight excluding hydrogens is 385 g/mol. The third-order valence-electron chi connectivity index (χ3n) is 5.25. The zero-order valence-electron chi connectivity index (χ0n) is 14.7. The highest BCUT2D eigenvalue weighted by molar-refractivity contribution is 6.43. The first kappa shape index (κ1) is 18.2. The number of nitrogens with zero attached hydrogens (tertiary/aromatic N) is 3. The molecule has 27 heavy (non-hydrogen) atoms. The lowest BCUT2D eigenvalue weighted by Gasteiger charge is -2.20. The number of rotatable bonds is 3. The van der Waals surface area contributed by atoms with Crippen LogP contribution in [0.3, 0.4) is 0 Å². The summed E-state index contributed by atoms with van der Waals surface area (Å²) in [5.41, 5.74) is 15.0. The van der Waals surface area contributed by atoms with Gasteiger partial charge in [-0.15, -0.1) is 0 Å². The van der Waals surface area contributed by atoms with Crippen LogP contribution in [-0.4, -0.2) is 35.0 Å². The van der Waals surface area contributed by atoms with Crippen molar-refractivity contribution in [2.75, 3.05) is 18.0 Å². The van der Waals surface area contributed by atoms with Crippen molar-refractivity contribution in [1.29, 1.82) is 0 Å². The molecule has 0 saturated carbocycles. The molecule has 140 valence electrons. The number of hydrogen-bond donors (Lipinski definition) is 2. The van der Waals surface area contributed by atoms with Crippen molar-refractivity contribution in [3.8, 4) is 11.1 Å². The number of benzene rings is 1. The van der Waals surface area contributed by atoms with E-state index in [1.807, 2.05) is 11.8 Å². The molecule has 1 amide bonds. The van der Waals surface area contributed by atoms with Crippen LogP contribution in [0.15, 0.2) is 29.8 Å². The number of amides is 1. The van der Waals surface area contributed by atoms with Crippen molar-refractivity contribution in [1.82, 2.24) is 9.97 Å². The Bertz CT molecular complexity index is 975. The molecule has 1 aliphatic carbocycles. The van der Waals surface area contributed by atoms with Gasteiger partial charge >= 0.3 is 0 Å². The molecule has 1 aliphatic heterocycles. The molecule has 0 spiro atoms. The monoisotopic (exact) mass is 403 g/mol. The van der Waals surface area contributed by atoms with E-state index in [2.05, 4.69) is 16.0 Å². The minimum atomic E-state index is -0.636. The van der Waals surface area contributed by atoms with Gasteiger partial charge in [-0.05, 0) is 25.0 Å². The van der Waals surface area contributed by atoms with Gasteiger partial charge in [-0.3, -0.25) is 4.79 Å². The van der Waals surface area contributed by atoms with Crippen molar-refractivity contribution in [2.24, 2.45) is 17.4 Å². The third-order valence-corrected chi connectivity index (χ3v) is 6.07. The SMILES string of the molecule is Cc1nc(N2CC3=CCC(N)[C@@H]3C2)nc(C(N)=O)c1-c1cccc(Cl)c1Cl. The molecule has 1 saturated heterocycles. The Kier molecular flexibility index (Phi) is 4.58. The van der Waals surface area contributed by atoms with Crippen LogP contribution >= 0.6 is 23.2 Å². The first-order valence-electron chi connectivity index (χ1n) is 8.69. The zero-order valence-corrected chi connectivity index (χ0v) is 16.3. The number of aromatic nitrogens is 2. The lowest BCUT2D eigenvalue weighted by molar-refractivity contribution is 0.0996. The summed E-state index contributed by atoms with van der Waals surface area (Å²) in [6.45, 7) is 3.27. The minimum Gasteiger partial charge on any atom is -0.364 e. The number of primary amides is 1. The number of anilines is 1. The fraction of sp³-hybridized carbons (Fsp3) is 0.316. The zero-order chi connectivity index (χ0) is 19.3. The van der Waals surface area contributed by atoms with E-state index in [4.69, 9.17) is 34.7 Å². The molecule has 1 aromatic carbocycles. The molecule has 4 rings (SSSR count). The molecule has 6 nitrogen and oxygen atoms in total. The molecular formula is C19H19Cl2N5O. The molecule has 1 fully saturated rings. The maximum atomic E-state index is 12.2. The van der Waals surface area contributed by atoms with Gasteiger partial charge in [0.25, 0.3) is 5.91 Å². The number of nitrogens with two attached hydrogens (primary N) is 2. The Balaban J connectivity index is 1.80. The lowest BCUT2D eigenvalue weighted by atomic mass is 10.0. The first-order valence-corrected chi connectivity index (χ1v) is 9.44. The van der Waals surface area contributed by atoms with E-state index in [1.54, 1.807) is 18.2 Å². The molecule has 4 N–H and O–H groups in total. The smallest absolute Gasteiger partial charge is 0.268 e. The Hall–Kier alpha value is -2.15. The van der Waals surface area contributed by atoms with Gasteiger partial charge in [-0.1, -0.05) is 41.4 Å². The normalized spacial score (nSPS) is 21.3. The highest BCUT2D eigenvalue weighted by Gasteiger charge is 2.36. The van der Waals surface area contributed by atoms with Crippen molar-refractivity contribution >= 4 is 35.1 Å². The predicted octanol–water partition coefficient (Wildman–Crippen LogP) is 2.95.